The minimum Gasteiger partial charge on any atom is -0.342 e. The van der Waals surface area contributed by atoms with Crippen molar-refractivity contribution < 1.29 is 4.79 Å². The lowest BCUT2D eigenvalue weighted by Crippen LogP contribution is -2.47. The molecular formula is C20H34N4O. The van der Waals surface area contributed by atoms with E-state index in [1.54, 1.807) is 0 Å². The molecule has 2 N–H and O–H groups in total. The molecule has 1 aromatic heterocycles. The highest BCUT2D eigenvalue weighted by atomic mass is 16.2. The van der Waals surface area contributed by atoms with E-state index in [-0.39, 0.29) is 5.41 Å². The van der Waals surface area contributed by atoms with E-state index in [1.165, 1.54) is 30.5 Å². The van der Waals surface area contributed by atoms with E-state index in [1.807, 2.05) is 6.20 Å². The Labute approximate surface area is 151 Å². The summed E-state index contributed by atoms with van der Waals surface area (Å²) < 4.78 is 0. The molecule has 0 bridgehead atoms. The van der Waals surface area contributed by atoms with Gasteiger partial charge >= 0.3 is 0 Å². The molecule has 1 aromatic rings. The molecule has 3 rings (SSSR count). The zero-order valence-electron chi connectivity index (χ0n) is 16.1. The first kappa shape index (κ1) is 18.4. The normalized spacial score (nSPS) is 20.8. The Morgan fingerprint density at radius 1 is 1.20 bits per heavy atom. The fraction of sp³-hybridized carbons (Fsp3) is 0.800. The predicted molar refractivity (Wildman–Crippen MR) is 100 cm³/mol. The molecule has 2 fully saturated rings. The highest BCUT2D eigenvalue weighted by Gasteiger charge is 2.29. The summed E-state index contributed by atoms with van der Waals surface area (Å²) in [7, 11) is 0. The van der Waals surface area contributed by atoms with Gasteiger partial charge in [0, 0.05) is 48.3 Å². The molecule has 1 amide bonds. The SMILES string of the molecule is CC(C)(C)c1[nH]ncc1CNC1CCN(C(=O)C2CCCCC2)CC1. The molecule has 5 nitrogen and oxygen atoms in total. The number of carbonyl (C=O) groups excluding carboxylic acids is 1. The monoisotopic (exact) mass is 346 g/mol. The molecule has 0 atom stereocenters. The maximum atomic E-state index is 12.7. The van der Waals surface area contributed by atoms with Crippen LogP contribution < -0.4 is 5.32 Å². The van der Waals surface area contributed by atoms with Crippen LogP contribution in [0.15, 0.2) is 6.20 Å². The second kappa shape index (κ2) is 7.90. The summed E-state index contributed by atoms with van der Waals surface area (Å²) in [5.41, 5.74) is 2.56. The van der Waals surface area contributed by atoms with Crippen molar-refractivity contribution in [3.63, 3.8) is 0 Å². The van der Waals surface area contributed by atoms with Crippen LogP contribution in [0.2, 0.25) is 0 Å². The number of piperidine rings is 1. The number of rotatable bonds is 4. The average molecular weight is 347 g/mol. The van der Waals surface area contributed by atoms with E-state index in [0.717, 1.165) is 45.3 Å². The molecule has 0 spiro atoms. The number of likely N-dealkylation sites (tertiary alicyclic amines) is 1. The van der Waals surface area contributed by atoms with Crippen molar-refractivity contribution in [2.24, 2.45) is 5.92 Å². The van der Waals surface area contributed by atoms with Gasteiger partial charge in [-0.1, -0.05) is 40.0 Å². The summed E-state index contributed by atoms with van der Waals surface area (Å²) in [6.07, 6.45) is 10.0. The fourth-order valence-electron chi connectivity index (χ4n) is 4.26. The van der Waals surface area contributed by atoms with E-state index >= 15 is 0 Å². The van der Waals surface area contributed by atoms with Crippen LogP contribution in [0.1, 0.15) is 77.0 Å². The van der Waals surface area contributed by atoms with Gasteiger partial charge in [-0.2, -0.15) is 5.10 Å². The molecule has 1 aliphatic heterocycles. The lowest BCUT2D eigenvalue weighted by Gasteiger charge is -2.35. The largest absolute Gasteiger partial charge is 0.342 e. The standard InChI is InChI=1S/C20H34N4O/c1-20(2,3)18-16(14-22-23-18)13-21-17-9-11-24(12-10-17)19(25)15-7-5-4-6-8-15/h14-15,17,21H,4-13H2,1-3H3,(H,22,23). The third kappa shape index (κ3) is 4.63. The van der Waals surface area contributed by atoms with Gasteiger partial charge in [0.1, 0.15) is 0 Å². The number of amides is 1. The smallest absolute Gasteiger partial charge is 0.225 e. The van der Waals surface area contributed by atoms with Crippen LogP contribution in [-0.2, 0) is 16.8 Å². The molecule has 2 heterocycles. The zero-order chi connectivity index (χ0) is 17.9. The molecule has 5 heteroatoms. The van der Waals surface area contributed by atoms with Gasteiger partial charge in [-0.3, -0.25) is 9.89 Å². The number of aromatic amines is 1. The number of carbonyl (C=O) groups is 1. The first-order chi connectivity index (χ1) is 11.9. The van der Waals surface area contributed by atoms with Crippen LogP contribution in [0.3, 0.4) is 0 Å². The molecule has 2 aliphatic rings. The molecule has 0 unspecified atom stereocenters. The summed E-state index contributed by atoms with van der Waals surface area (Å²) in [6.45, 7) is 9.29. The second-order valence-corrected chi connectivity index (χ2v) is 8.84. The summed E-state index contributed by atoms with van der Waals surface area (Å²) >= 11 is 0. The average Bonchev–Trinajstić information content (AvgIpc) is 3.10. The number of H-pyrrole nitrogens is 1. The van der Waals surface area contributed by atoms with Crippen molar-refractivity contribution in [2.75, 3.05) is 13.1 Å². The quantitative estimate of drug-likeness (QED) is 0.879. The zero-order valence-corrected chi connectivity index (χ0v) is 16.1. The Morgan fingerprint density at radius 3 is 2.52 bits per heavy atom. The Balaban J connectivity index is 1.45. The molecule has 140 valence electrons. The maximum Gasteiger partial charge on any atom is 0.225 e. The number of hydrogen-bond donors (Lipinski definition) is 2. The summed E-state index contributed by atoms with van der Waals surface area (Å²) in [6, 6.07) is 0.498. The summed E-state index contributed by atoms with van der Waals surface area (Å²) in [5.74, 6) is 0.724. The Hall–Kier alpha value is -1.36. The van der Waals surface area contributed by atoms with Crippen LogP contribution >= 0.6 is 0 Å². The first-order valence-corrected chi connectivity index (χ1v) is 10.00. The van der Waals surface area contributed by atoms with Crippen molar-refractivity contribution in [2.45, 2.75) is 83.7 Å². The lowest BCUT2D eigenvalue weighted by molar-refractivity contribution is -0.137. The highest BCUT2D eigenvalue weighted by Crippen LogP contribution is 2.27. The van der Waals surface area contributed by atoms with Gasteiger partial charge in [0.15, 0.2) is 0 Å². The molecule has 1 saturated heterocycles. The van der Waals surface area contributed by atoms with Crippen LogP contribution in [-0.4, -0.2) is 40.1 Å². The molecular weight excluding hydrogens is 312 g/mol. The summed E-state index contributed by atoms with van der Waals surface area (Å²) in [5, 5.41) is 11.0. The van der Waals surface area contributed by atoms with E-state index < -0.39 is 0 Å². The Bertz CT molecular complexity index is 560. The van der Waals surface area contributed by atoms with Crippen molar-refractivity contribution >= 4 is 5.91 Å². The fourth-order valence-corrected chi connectivity index (χ4v) is 4.26. The van der Waals surface area contributed by atoms with Crippen molar-refractivity contribution in [1.82, 2.24) is 20.4 Å². The van der Waals surface area contributed by atoms with Crippen molar-refractivity contribution in [3.8, 4) is 0 Å². The Morgan fingerprint density at radius 2 is 1.88 bits per heavy atom. The van der Waals surface area contributed by atoms with Gasteiger partial charge in [-0.05, 0) is 25.7 Å². The van der Waals surface area contributed by atoms with E-state index in [4.69, 9.17) is 0 Å². The highest BCUT2D eigenvalue weighted by molar-refractivity contribution is 5.79. The van der Waals surface area contributed by atoms with E-state index in [2.05, 4.69) is 41.2 Å². The lowest BCUT2D eigenvalue weighted by atomic mass is 9.87. The van der Waals surface area contributed by atoms with Gasteiger partial charge in [-0.25, -0.2) is 0 Å². The van der Waals surface area contributed by atoms with Gasteiger partial charge in [0.25, 0.3) is 0 Å². The third-order valence-corrected chi connectivity index (χ3v) is 5.81. The van der Waals surface area contributed by atoms with Crippen LogP contribution in [0.25, 0.3) is 0 Å². The first-order valence-electron chi connectivity index (χ1n) is 10.00. The van der Waals surface area contributed by atoms with Gasteiger partial charge in [0.05, 0.1) is 6.20 Å². The number of hydrogen-bond acceptors (Lipinski definition) is 3. The molecule has 25 heavy (non-hydrogen) atoms. The minimum atomic E-state index is 0.0866. The van der Waals surface area contributed by atoms with Crippen LogP contribution in [0, 0.1) is 5.92 Å². The topological polar surface area (TPSA) is 61.0 Å². The van der Waals surface area contributed by atoms with Crippen LogP contribution in [0.5, 0.6) is 0 Å². The van der Waals surface area contributed by atoms with Crippen LogP contribution in [0.4, 0.5) is 0 Å². The van der Waals surface area contributed by atoms with E-state index in [0.29, 0.717) is 17.9 Å². The minimum absolute atomic E-state index is 0.0866. The number of aromatic nitrogens is 2. The second-order valence-electron chi connectivity index (χ2n) is 8.84. The van der Waals surface area contributed by atoms with Crippen molar-refractivity contribution in [3.05, 3.63) is 17.5 Å². The number of nitrogens with one attached hydrogen (secondary N) is 2. The molecule has 0 radical (unpaired) electrons. The Kier molecular flexibility index (Phi) is 5.82. The molecule has 1 aliphatic carbocycles. The van der Waals surface area contributed by atoms with E-state index in [9.17, 15) is 4.79 Å². The van der Waals surface area contributed by atoms with Gasteiger partial charge < -0.3 is 10.2 Å². The predicted octanol–water partition coefficient (Wildman–Crippen LogP) is 3.37. The third-order valence-electron chi connectivity index (χ3n) is 5.81. The summed E-state index contributed by atoms with van der Waals surface area (Å²) in [4.78, 5) is 14.8. The molecule has 0 aromatic carbocycles. The maximum absolute atomic E-state index is 12.7. The number of nitrogens with zero attached hydrogens (tertiary/aromatic N) is 2. The van der Waals surface area contributed by atoms with Gasteiger partial charge in [0.2, 0.25) is 5.91 Å². The van der Waals surface area contributed by atoms with Crippen molar-refractivity contribution in [1.29, 1.82) is 0 Å². The molecule has 1 saturated carbocycles. The van der Waals surface area contributed by atoms with Gasteiger partial charge in [-0.15, -0.1) is 0 Å².